The van der Waals surface area contributed by atoms with Crippen LogP contribution in [0.5, 0.6) is 5.75 Å². The second kappa shape index (κ2) is 5.87. The molecule has 0 atom stereocenters. The molecule has 106 valence electrons. The van der Waals surface area contributed by atoms with Crippen LogP contribution in [0.2, 0.25) is 5.02 Å². The molecular formula is C15H10BrClN2O2. The molecule has 1 heterocycles. The quantitative estimate of drug-likeness (QED) is 0.667. The normalized spacial score (nSPS) is 10.6. The second-order valence-electron chi connectivity index (χ2n) is 4.24. The summed E-state index contributed by atoms with van der Waals surface area (Å²) >= 11 is 9.60. The van der Waals surface area contributed by atoms with Crippen LogP contribution in [0.1, 0.15) is 0 Å². The van der Waals surface area contributed by atoms with Gasteiger partial charge < -0.3 is 9.15 Å². The molecule has 3 aromatic rings. The van der Waals surface area contributed by atoms with E-state index in [-0.39, 0.29) is 0 Å². The zero-order chi connectivity index (χ0) is 14.8. The number of rotatable bonds is 3. The fourth-order valence-electron chi connectivity index (χ4n) is 1.87. The van der Waals surface area contributed by atoms with Crippen molar-refractivity contribution in [3.05, 3.63) is 52.0 Å². The summed E-state index contributed by atoms with van der Waals surface area (Å²) in [5, 5.41) is 8.70. The summed E-state index contributed by atoms with van der Waals surface area (Å²) in [5.41, 5.74) is 1.47. The maximum atomic E-state index is 6.14. The first-order chi connectivity index (χ1) is 10.2. The molecule has 6 heteroatoms. The number of hydrogen-bond acceptors (Lipinski definition) is 4. The molecule has 0 radical (unpaired) electrons. The van der Waals surface area contributed by atoms with Gasteiger partial charge in [0.2, 0.25) is 11.8 Å². The molecule has 0 bridgehead atoms. The van der Waals surface area contributed by atoms with E-state index in [1.807, 2.05) is 36.4 Å². The van der Waals surface area contributed by atoms with E-state index < -0.39 is 0 Å². The Kier molecular flexibility index (Phi) is 3.94. The summed E-state index contributed by atoms with van der Waals surface area (Å²) in [5.74, 6) is 1.49. The number of hydrogen-bond donors (Lipinski definition) is 0. The van der Waals surface area contributed by atoms with Gasteiger partial charge in [-0.2, -0.15) is 0 Å². The largest absolute Gasteiger partial charge is 0.497 e. The molecule has 0 amide bonds. The molecule has 21 heavy (non-hydrogen) atoms. The van der Waals surface area contributed by atoms with Gasteiger partial charge >= 0.3 is 0 Å². The molecule has 1 aromatic heterocycles. The minimum Gasteiger partial charge on any atom is -0.497 e. The lowest BCUT2D eigenvalue weighted by Crippen LogP contribution is -1.85. The second-order valence-corrected chi connectivity index (χ2v) is 5.50. The first-order valence-corrected chi connectivity index (χ1v) is 7.28. The van der Waals surface area contributed by atoms with E-state index in [1.165, 1.54) is 0 Å². The van der Waals surface area contributed by atoms with Crippen molar-refractivity contribution in [3.8, 4) is 28.7 Å². The Hall–Kier alpha value is -1.85. The highest BCUT2D eigenvalue weighted by Crippen LogP contribution is 2.33. The van der Waals surface area contributed by atoms with Gasteiger partial charge in [0.05, 0.1) is 23.3 Å². The van der Waals surface area contributed by atoms with E-state index in [9.17, 15) is 0 Å². The Morgan fingerprint density at radius 2 is 1.76 bits per heavy atom. The maximum absolute atomic E-state index is 6.14. The highest BCUT2D eigenvalue weighted by atomic mass is 79.9. The molecule has 0 spiro atoms. The van der Waals surface area contributed by atoms with Crippen LogP contribution in [0.25, 0.3) is 22.9 Å². The lowest BCUT2D eigenvalue weighted by atomic mass is 10.2. The van der Waals surface area contributed by atoms with Gasteiger partial charge in [0.1, 0.15) is 5.75 Å². The van der Waals surface area contributed by atoms with Gasteiger partial charge in [-0.3, -0.25) is 0 Å². The summed E-state index contributed by atoms with van der Waals surface area (Å²) in [6, 6.07) is 12.9. The van der Waals surface area contributed by atoms with Crippen molar-refractivity contribution in [2.45, 2.75) is 0 Å². The highest BCUT2D eigenvalue weighted by Gasteiger charge is 2.15. The smallest absolute Gasteiger partial charge is 0.249 e. The number of aromatic nitrogens is 2. The van der Waals surface area contributed by atoms with Crippen molar-refractivity contribution < 1.29 is 9.15 Å². The summed E-state index contributed by atoms with van der Waals surface area (Å²) in [7, 11) is 1.61. The van der Waals surface area contributed by atoms with Crippen molar-refractivity contribution in [2.24, 2.45) is 0 Å². The third kappa shape index (κ3) is 2.80. The van der Waals surface area contributed by atoms with E-state index >= 15 is 0 Å². The Morgan fingerprint density at radius 1 is 1.05 bits per heavy atom. The fraction of sp³-hybridized carbons (Fsp3) is 0.0667. The minimum absolute atomic E-state index is 0.380. The van der Waals surface area contributed by atoms with Crippen LogP contribution in [0.15, 0.2) is 51.4 Å². The lowest BCUT2D eigenvalue weighted by Gasteiger charge is -2.03. The number of benzene rings is 2. The van der Waals surface area contributed by atoms with Crippen LogP contribution < -0.4 is 4.74 Å². The monoisotopic (exact) mass is 364 g/mol. The van der Waals surface area contributed by atoms with Crippen LogP contribution in [0, 0.1) is 0 Å². The molecule has 3 rings (SSSR count). The topological polar surface area (TPSA) is 48.2 Å². The summed E-state index contributed by atoms with van der Waals surface area (Å²) in [4.78, 5) is 0. The Labute approximate surface area is 134 Å². The van der Waals surface area contributed by atoms with Crippen molar-refractivity contribution in [3.63, 3.8) is 0 Å². The molecule has 0 unspecified atom stereocenters. The fourth-order valence-corrected chi connectivity index (χ4v) is 2.50. The van der Waals surface area contributed by atoms with Crippen LogP contribution in [0.4, 0.5) is 0 Å². The number of ether oxygens (including phenoxy) is 1. The Bertz CT molecular complexity index is 789. The highest BCUT2D eigenvalue weighted by molar-refractivity contribution is 9.10. The standard InChI is InChI=1S/C15H10BrClN2O2/c1-20-9-6-7-12(16)11(8-9)15-19-18-14(21-15)10-4-2-3-5-13(10)17/h2-8H,1H3. The molecule has 0 aliphatic carbocycles. The third-order valence-corrected chi connectivity index (χ3v) is 3.95. The van der Waals surface area contributed by atoms with Crippen LogP contribution in [-0.4, -0.2) is 17.3 Å². The molecule has 0 fully saturated rings. The van der Waals surface area contributed by atoms with Gasteiger partial charge in [0.15, 0.2) is 0 Å². The Balaban J connectivity index is 2.05. The van der Waals surface area contributed by atoms with E-state index in [0.717, 1.165) is 10.0 Å². The molecule has 0 saturated heterocycles. The number of halogens is 2. The van der Waals surface area contributed by atoms with E-state index in [1.54, 1.807) is 13.2 Å². The molecule has 0 N–H and O–H groups in total. The molecule has 4 nitrogen and oxygen atoms in total. The number of nitrogens with zero attached hydrogens (tertiary/aromatic N) is 2. The van der Waals surface area contributed by atoms with Crippen molar-refractivity contribution >= 4 is 27.5 Å². The van der Waals surface area contributed by atoms with Crippen molar-refractivity contribution in [1.82, 2.24) is 10.2 Å². The van der Waals surface area contributed by atoms with Gasteiger partial charge in [-0.15, -0.1) is 10.2 Å². The van der Waals surface area contributed by atoms with E-state index in [2.05, 4.69) is 26.1 Å². The van der Waals surface area contributed by atoms with Gasteiger partial charge in [-0.05, 0) is 46.3 Å². The van der Waals surface area contributed by atoms with Gasteiger partial charge in [0.25, 0.3) is 0 Å². The predicted octanol–water partition coefficient (Wildman–Crippen LogP) is 4.83. The molecule has 0 saturated carbocycles. The van der Waals surface area contributed by atoms with Crippen LogP contribution in [-0.2, 0) is 0 Å². The summed E-state index contributed by atoms with van der Waals surface area (Å²) < 4.78 is 11.8. The predicted molar refractivity (Wildman–Crippen MR) is 84.4 cm³/mol. The lowest BCUT2D eigenvalue weighted by molar-refractivity contribution is 0.414. The average molecular weight is 366 g/mol. The van der Waals surface area contributed by atoms with Crippen LogP contribution in [0.3, 0.4) is 0 Å². The summed E-state index contributed by atoms with van der Waals surface area (Å²) in [6.45, 7) is 0. The first-order valence-electron chi connectivity index (χ1n) is 6.11. The van der Waals surface area contributed by atoms with Crippen LogP contribution >= 0.6 is 27.5 Å². The van der Waals surface area contributed by atoms with E-state index in [0.29, 0.717) is 28.1 Å². The minimum atomic E-state index is 0.380. The zero-order valence-corrected chi connectivity index (χ0v) is 13.4. The third-order valence-electron chi connectivity index (χ3n) is 2.93. The van der Waals surface area contributed by atoms with E-state index in [4.69, 9.17) is 20.8 Å². The van der Waals surface area contributed by atoms with Gasteiger partial charge in [-0.25, -0.2) is 0 Å². The molecule has 0 aliphatic heterocycles. The average Bonchev–Trinajstić information content (AvgIpc) is 2.97. The summed E-state index contributed by atoms with van der Waals surface area (Å²) in [6.07, 6.45) is 0. The zero-order valence-electron chi connectivity index (χ0n) is 11.0. The first kappa shape index (κ1) is 14.1. The number of methoxy groups -OCH3 is 1. The maximum Gasteiger partial charge on any atom is 0.249 e. The SMILES string of the molecule is COc1ccc(Br)c(-c2nnc(-c3ccccc3Cl)o2)c1. The Morgan fingerprint density at radius 3 is 2.48 bits per heavy atom. The van der Waals surface area contributed by atoms with Crippen molar-refractivity contribution in [1.29, 1.82) is 0 Å². The van der Waals surface area contributed by atoms with Gasteiger partial charge in [-0.1, -0.05) is 23.7 Å². The van der Waals surface area contributed by atoms with Crippen molar-refractivity contribution in [2.75, 3.05) is 7.11 Å². The molecule has 0 aliphatic rings. The van der Waals surface area contributed by atoms with Gasteiger partial charge in [0, 0.05) is 4.47 Å². The molecular weight excluding hydrogens is 356 g/mol. The molecule has 2 aromatic carbocycles.